The number of carbonyl (C=O) groups is 4. The fourth-order valence-electron chi connectivity index (χ4n) is 6.03. The molecule has 0 aliphatic rings. The number of carbonyl (C=O) groups excluding carboxylic acids is 4. The van der Waals surface area contributed by atoms with E-state index in [1.165, 1.54) is 18.0 Å². The minimum Gasteiger partial charge on any atom is -0.490 e. The van der Waals surface area contributed by atoms with Gasteiger partial charge in [0.1, 0.15) is 53.8 Å². The van der Waals surface area contributed by atoms with Gasteiger partial charge < -0.3 is 46.5 Å². The van der Waals surface area contributed by atoms with Crippen molar-refractivity contribution in [1.29, 1.82) is 10.5 Å². The highest BCUT2D eigenvalue weighted by molar-refractivity contribution is 7.98. The van der Waals surface area contributed by atoms with Crippen LogP contribution in [0, 0.1) is 34.5 Å². The lowest BCUT2D eigenvalue weighted by Gasteiger charge is -2.19. The normalized spacial score (nSPS) is 12.4. The fourth-order valence-corrected chi connectivity index (χ4v) is 7.02. The predicted octanol–water partition coefficient (Wildman–Crippen LogP) is 5.27. The van der Waals surface area contributed by atoms with Crippen LogP contribution in [-0.2, 0) is 34.4 Å². The molecule has 0 saturated heterocycles. The van der Waals surface area contributed by atoms with Crippen molar-refractivity contribution in [2.24, 2.45) is 23.3 Å². The molecule has 0 aliphatic carbocycles. The molecule has 19 heteroatoms. The minimum atomic E-state index is -1.07. The molecule has 0 fully saturated rings. The van der Waals surface area contributed by atoms with Crippen molar-refractivity contribution in [1.82, 2.24) is 20.6 Å². The number of ether oxygens (including phenoxy) is 3. The maximum Gasteiger partial charge on any atom is 0.308 e. The van der Waals surface area contributed by atoms with Crippen LogP contribution in [0.3, 0.4) is 0 Å². The summed E-state index contributed by atoms with van der Waals surface area (Å²) in [6, 6.07) is 16.3. The minimum absolute atomic E-state index is 0.00663. The summed E-state index contributed by atoms with van der Waals surface area (Å²) >= 11 is 7.20. The average Bonchev–Trinajstić information content (AvgIpc) is 3.72. The van der Waals surface area contributed by atoms with E-state index in [1.807, 2.05) is 27.7 Å². The van der Waals surface area contributed by atoms with Crippen molar-refractivity contribution in [3.05, 3.63) is 76.6 Å². The molecule has 8 N–H and O–H groups in total. The highest BCUT2D eigenvalue weighted by Gasteiger charge is 2.23. The number of nitriles is 2. The zero-order valence-corrected chi connectivity index (χ0v) is 37.1. The molecule has 2 aromatic heterocycles. The summed E-state index contributed by atoms with van der Waals surface area (Å²) < 4.78 is 22.5. The first-order valence-corrected chi connectivity index (χ1v) is 21.6. The van der Waals surface area contributed by atoms with Gasteiger partial charge in [-0.25, -0.2) is 9.97 Å². The van der Waals surface area contributed by atoms with E-state index in [9.17, 15) is 29.7 Å². The number of pyridine rings is 1. The molecule has 4 rings (SSSR count). The van der Waals surface area contributed by atoms with Crippen molar-refractivity contribution >= 4 is 52.9 Å². The topological polar surface area (TPSA) is 285 Å². The Bertz CT molecular complexity index is 2270. The van der Waals surface area contributed by atoms with Gasteiger partial charge in [-0.3, -0.25) is 19.2 Å². The molecule has 2 aromatic carbocycles. The second-order valence-corrected chi connectivity index (χ2v) is 16.7. The Labute approximate surface area is 375 Å². The molecule has 2 heterocycles. The Hall–Kier alpha value is -6.18. The summed E-state index contributed by atoms with van der Waals surface area (Å²) in [6.07, 6.45) is 1.04. The maximum atomic E-state index is 12.9. The first kappa shape index (κ1) is 49.5. The number of anilines is 1. The van der Waals surface area contributed by atoms with Crippen molar-refractivity contribution in [3.63, 3.8) is 0 Å². The summed E-state index contributed by atoms with van der Waals surface area (Å²) in [5, 5.41) is 26.5. The first-order chi connectivity index (χ1) is 30.1. The Balaban J connectivity index is 1.43. The predicted molar refractivity (Wildman–Crippen MR) is 236 cm³/mol. The van der Waals surface area contributed by atoms with Crippen molar-refractivity contribution in [2.45, 2.75) is 82.3 Å². The lowest BCUT2D eigenvalue weighted by molar-refractivity contribution is -0.160. The molecule has 0 radical (unpaired) electrons. The number of esters is 2. The molecule has 63 heavy (non-hydrogen) atoms. The maximum absolute atomic E-state index is 12.9. The third kappa shape index (κ3) is 15.6. The number of rotatable bonds is 23. The number of nitrogens with two attached hydrogens (primary N) is 3. The van der Waals surface area contributed by atoms with Crippen LogP contribution in [0.2, 0.25) is 5.02 Å². The van der Waals surface area contributed by atoms with Crippen molar-refractivity contribution in [2.75, 3.05) is 32.0 Å². The summed E-state index contributed by atoms with van der Waals surface area (Å²) in [5.41, 5.74) is 20.3. The lowest BCUT2D eigenvalue weighted by Crippen LogP contribution is -2.42. The van der Waals surface area contributed by atoms with Gasteiger partial charge in [0.05, 0.1) is 36.2 Å². The van der Waals surface area contributed by atoms with E-state index < -0.39 is 36.0 Å². The number of halogens is 1. The van der Waals surface area contributed by atoms with E-state index in [0.717, 1.165) is 5.56 Å². The SMILES string of the molecule is CC(C)C[C@H](N)C(=O)NCCC(=O)OC[C@H](COc1ccc(-c2c(C#N)c(N)nc(SCc3coc(-c4ccc(Cl)cc4)n3)c2C#N)cc1)OC(=O)CCNC(=O)[C@@H](N)CC(C)C. The third-order valence-corrected chi connectivity index (χ3v) is 10.4. The standard InChI is InChI=1S/C44H52ClN9O8S/c1-25(2)17-35(48)41(57)51-15-13-37(55)60-23-32(62-38(56)14-16-52-42(58)36(49)18-26(3)4)22-59-31-11-7-27(8-12-31)39-33(19-46)40(50)54-44(34(39)20-47)63-24-30-21-61-43(53-30)28-5-9-29(45)10-6-28/h5-12,21,25-26,32,35-36H,13-18,22-24,48-49H2,1-4H3,(H2,50,54)(H,51,57)(H,52,58)/t32-,35-,36-/m0/s1. The van der Waals surface area contributed by atoms with Gasteiger partial charge in [0.15, 0.2) is 6.10 Å². The number of hydrogen-bond donors (Lipinski definition) is 5. The van der Waals surface area contributed by atoms with Crippen LogP contribution in [0.15, 0.2) is 64.2 Å². The molecule has 0 spiro atoms. The third-order valence-electron chi connectivity index (χ3n) is 9.10. The second-order valence-electron chi connectivity index (χ2n) is 15.3. The molecule has 0 bridgehead atoms. The van der Waals surface area contributed by atoms with Crippen molar-refractivity contribution < 1.29 is 37.8 Å². The van der Waals surface area contributed by atoms with Crippen molar-refractivity contribution in [3.8, 4) is 40.5 Å². The van der Waals surface area contributed by atoms with Crippen LogP contribution in [0.5, 0.6) is 5.75 Å². The summed E-state index contributed by atoms with van der Waals surface area (Å²) in [6.45, 7) is 7.11. The number of thioether (sulfide) groups is 1. The molecule has 2 amide bonds. The van der Waals surface area contributed by atoms with Crippen LogP contribution in [0.4, 0.5) is 5.82 Å². The van der Waals surface area contributed by atoms with Gasteiger partial charge in [0, 0.05) is 35.0 Å². The number of aromatic nitrogens is 2. The number of nitrogens with zero attached hydrogens (tertiary/aromatic N) is 4. The monoisotopic (exact) mass is 901 g/mol. The largest absolute Gasteiger partial charge is 0.490 e. The molecule has 0 aliphatic heterocycles. The van der Waals surface area contributed by atoms with Gasteiger partial charge in [-0.05, 0) is 66.6 Å². The molecule has 4 aromatic rings. The Morgan fingerprint density at radius 3 is 1.95 bits per heavy atom. The molecule has 334 valence electrons. The molecule has 3 atom stereocenters. The number of nitrogens with one attached hydrogen (secondary N) is 2. The van der Waals surface area contributed by atoms with Crippen LogP contribution in [0.25, 0.3) is 22.6 Å². The van der Waals surface area contributed by atoms with Crippen LogP contribution < -0.4 is 32.6 Å². The number of benzene rings is 2. The Morgan fingerprint density at radius 2 is 1.38 bits per heavy atom. The highest BCUT2D eigenvalue weighted by atomic mass is 35.5. The van der Waals surface area contributed by atoms with Crippen LogP contribution >= 0.6 is 23.4 Å². The van der Waals surface area contributed by atoms with E-state index in [4.69, 9.17) is 47.4 Å². The summed E-state index contributed by atoms with van der Waals surface area (Å²) in [5.74, 6) is -0.781. The highest BCUT2D eigenvalue weighted by Crippen LogP contribution is 2.37. The number of oxazole rings is 1. The molecule has 17 nitrogen and oxygen atoms in total. The number of nitrogen functional groups attached to an aromatic ring is 1. The lowest BCUT2D eigenvalue weighted by atomic mass is 9.97. The number of amides is 2. The average molecular weight is 902 g/mol. The molecular formula is C44H52ClN9O8S. The smallest absolute Gasteiger partial charge is 0.308 e. The van der Waals surface area contributed by atoms with E-state index >= 15 is 0 Å². The van der Waals surface area contributed by atoms with Gasteiger partial charge in [-0.2, -0.15) is 10.5 Å². The van der Waals surface area contributed by atoms with Gasteiger partial charge in [0.2, 0.25) is 17.7 Å². The summed E-state index contributed by atoms with van der Waals surface area (Å²) in [4.78, 5) is 59.0. The molecular weight excluding hydrogens is 850 g/mol. The zero-order valence-electron chi connectivity index (χ0n) is 35.5. The Kier molecular flexibility index (Phi) is 19.2. The van der Waals surface area contributed by atoms with E-state index in [2.05, 4.69) is 32.7 Å². The molecule has 0 saturated carbocycles. The molecule has 0 unspecified atom stereocenters. The van der Waals surface area contributed by atoms with E-state index in [-0.39, 0.29) is 90.2 Å². The van der Waals surface area contributed by atoms with Gasteiger partial charge in [-0.15, -0.1) is 0 Å². The van der Waals surface area contributed by atoms with Crippen LogP contribution in [-0.4, -0.2) is 78.2 Å². The van der Waals surface area contributed by atoms with E-state index in [0.29, 0.717) is 40.8 Å². The van der Waals surface area contributed by atoms with E-state index in [1.54, 1.807) is 48.5 Å². The second kappa shape index (κ2) is 24.5. The van der Waals surface area contributed by atoms with Gasteiger partial charge in [0.25, 0.3) is 0 Å². The van der Waals surface area contributed by atoms with Gasteiger partial charge in [-0.1, -0.05) is 63.2 Å². The first-order valence-electron chi connectivity index (χ1n) is 20.2. The summed E-state index contributed by atoms with van der Waals surface area (Å²) in [7, 11) is 0. The van der Waals surface area contributed by atoms with Gasteiger partial charge >= 0.3 is 11.9 Å². The Morgan fingerprint density at radius 1 is 0.810 bits per heavy atom. The number of hydrogen-bond acceptors (Lipinski definition) is 16. The zero-order chi connectivity index (χ0) is 46.1. The fraction of sp³-hybridized carbons (Fsp3) is 0.409. The van der Waals surface area contributed by atoms with Crippen LogP contribution in [0.1, 0.15) is 70.2 Å². The quantitative estimate of drug-likeness (QED) is 0.0468.